The number of carbonyl (C=O) groups is 2. The molecule has 0 saturated carbocycles. The van der Waals surface area contributed by atoms with E-state index in [0.717, 1.165) is 38.6 Å². The van der Waals surface area contributed by atoms with Crippen molar-refractivity contribution < 1.29 is 9.59 Å². The fourth-order valence-corrected chi connectivity index (χ4v) is 3.25. The van der Waals surface area contributed by atoms with Crippen molar-refractivity contribution in [3.8, 4) is 0 Å². The summed E-state index contributed by atoms with van der Waals surface area (Å²) in [6.45, 7) is 6.86. The fraction of sp³-hybridized carbons (Fsp3) is 0.857. The highest BCUT2D eigenvalue weighted by Gasteiger charge is 2.47. The van der Waals surface area contributed by atoms with Crippen molar-refractivity contribution in [1.82, 2.24) is 9.80 Å². The van der Waals surface area contributed by atoms with Gasteiger partial charge in [-0.3, -0.25) is 9.59 Å². The highest BCUT2D eigenvalue weighted by molar-refractivity contribution is 5.97. The van der Waals surface area contributed by atoms with Gasteiger partial charge in [0.1, 0.15) is 12.1 Å². The molecular formula is C14H24N2O2. The van der Waals surface area contributed by atoms with Crippen LogP contribution in [-0.2, 0) is 9.59 Å². The summed E-state index contributed by atoms with van der Waals surface area (Å²) < 4.78 is 0. The lowest BCUT2D eigenvalue weighted by atomic mass is 10.0. The van der Waals surface area contributed by atoms with Crippen molar-refractivity contribution in [3.05, 3.63) is 0 Å². The highest BCUT2D eigenvalue weighted by atomic mass is 16.2. The van der Waals surface area contributed by atoms with E-state index in [1.807, 2.05) is 11.8 Å². The molecule has 4 nitrogen and oxygen atoms in total. The smallest absolute Gasteiger partial charge is 0.246 e. The molecule has 0 radical (unpaired) electrons. The molecule has 0 spiro atoms. The molecule has 0 aliphatic carbocycles. The number of hydrogen-bond donors (Lipinski definition) is 0. The molecule has 18 heavy (non-hydrogen) atoms. The van der Waals surface area contributed by atoms with Crippen LogP contribution < -0.4 is 0 Å². The molecule has 3 unspecified atom stereocenters. The molecule has 2 fully saturated rings. The van der Waals surface area contributed by atoms with Gasteiger partial charge in [-0.2, -0.15) is 0 Å². The molecule has 0 aromatic carbocycles. The standard InChI is InChI=1S/C14H24N2O2/c1-4-5-7-10(2)16-11(3)13(17)15-9-6-8-12(15)14(16)18/h10-12H,4-9H2,1-3H3. The van der Waals surface area contributed by atoms with Gasteiger partial charge in [0.05, 0.1) is 0 Å². The minimum absolute atomic E-state index is 0.139. The Hall–Kier alpha value is -1.06. The number of carbonyl (C=O) groups excluding carboxylic acids is 2. The van der Waals surface area contributed by atoms with E-state index in [-0.39, 0.29) is 29.9 Å². The summed E-state index contributed by atoms with van der Waals surface area (Å²) in [6, 6.07) is -0.268. The zero-order chi connectivity index (χ0) is 13.3. The number of hydrogen-bond acceptors (Lipinski definition) is 2. The van der Waals surface area contributed by atoms with E-state index in [9.17, 15) is 9.59 Å². The zero-order valence-corrected chi connectivity index (χ0v) is 11.7. The van der Waals surface area contributed by atoms with Crippen LogP contribution in [0.3, 0.4) is 0 Å². The van der Waals surface area contributed by atoms with Crippen molar-refractivity contribution in [2.45, 2.75) is 71.0 Å². The number of amides is 2. The van der Waals surface area contributed by atoms with Gasteiger partial charge in [0.15, 0.2) is 0 Å². The molecule has 4 heteroatoms. The van der Waals surface area contributed by atoms with Crippen LogP contribution in [0.5, 0.6) is 0 Å². The number of rotatable bonds is 4. The van der Waals surface area contributed by atoms with E-state index in [2.05, 4.69) is 13.8 Å². The second kappa shape index (κ2) is 5.29. The van der Waals surface area contributed by atoms with E-state index in [0.29, 0.717) is 0 Å². The Morgan fingerprint density at radius 3 is 2.72 bits per heavy atom. The topological polar surface area (TPSA) is 40.6 Å². The summed E-state index contributed by atoms with van der Waals surface area (Å²) in [5, 5.41) is 0. The Kier molecular flexibility index (Phi) is 3.93. The van der Waals surface area contributed by atoms with E-state index in [1.165, 1.54) is 0 Å². The molecule has 2 aliphatic heterocycles. The molecule has 3 atom stereocenters. The van der Waals surface area contributed by atoms with Gasteiger partial charge in [-0.25, -0.2) is 0 Å². The zero-order valence-electron chi connectivity index (χ0n) is 11.7. The Balaban J connectivity index is 2.13. The van der Waals surface area contributed by atoms with Crippen LogP contribution in [0.2, 0.25) is 0 Å². The first-order valence-electron chi connectivity index (χ1n) is 7.20. The summed E-state index contributed by atoms with van der Waals surface area (Å²) >= 11 is 0. The van der Waals surface area contributed by atoms with Crippen LogP contribution in [0.4, 0.5) is 0 Å². The van der Waals surface area contributed by atoms with Gasteiger partial charge in [-0.05, 0) is 33.1 Å². The Morgan fingerprint density at radius 2 is 2.06 bits per heavy atom. The molecular weight excluding hydrogens is 228 g/mol. The summed E-state index contributed by atoms with van der Waals surface area (Å²) in [6.07, 6.45) is 5.04. The summed E-state index contributed by atoms with van der Waals surface area (Å²) in [7, 11) is 0. The normalized spacial score (nSPS) is 29.7. The Morgan fingerprint density at radius 1 is 1.33 bits per heavy atom. The van der Waals surface area contributed by atoms with Crippen LogP contribution in [0.1, 0.15) is 52.9 Å². The van der Waals surface area contributed by atoms with Crippen LogP contribution in [0, 0.1) is 0 Å². The van der Waals surface area contributed by atoms with Crippen LogP contribution in [-0.4, -0.2) is 46.3 Å². The van der Waals surface area contributed by atoms with Crippen LogP contribution in [0.15, 0.2) is 0 Å². The predicted octanol–water partition coefficient (Wildman–Crippen LogP) is 1.79. The lowest BCUT2D eigenvalue weighted by Crippen LogP contribution is -2.63. The maximum atomic E-state index is 12.5. The lowest BCUT2D eigenvalue weighted by Gasteiger charge is -2.44. The number of nitrogens with zero attached hydrogens (tertiary/aromatic N) is 2. The molecule has 2 saturated heterocycles. The highest BCUT2D eigenvalue weighted by Crippen LogP contribution is 2.29. The molecule has 0 N–H and O–H groups in total. The maximum absolute atomic E-state index is 12.5. The average molecular weight is 252 g/mol. The Labute approximate surface area is 109 Å². The third-order valence-corrected chi connectivity index (χ3v) is 4.30. The van der Waals surface area contributed by atoms with E-state index in [4.69, 9.17) is 0 Å². The van der Waals surface area contributed by atoms with Gasteiger partial charge in [0.25, 0.3) is 0 Å². The minimum atomic E-state index is -0.279. The van der Waals surface area contributed by atoms with E-state index in [1.54, 1.807) is 4.90 Å². The Bertz CT molecular complexity index is 343. The van der Waals surface area contributed by atoms with Gasteiger partial charge < -0.3 is 9.80 Å². The van der Waals surface area contributed by atoms with Gasteiger partial charge in [-0.15, -0.1) is 0 Å². The number of piperazine rings is 1. The molecule has 0 bridgehead atoms. The molecule has 0 aromatic heterocycles. The third kappa shape index (κ3) is 2.13. The number of fused-ring (bicyclic) bond motifs is 1. The maximum Gasteiger partial charge on any atom is 0.246 e. The third-order valence-electron chi connectivity index (χ3n) is 4.30. The van der Waals surface area contributed by atoms with E-state index < -0.39 is 0 Å². The fourth-order valence-electron chi connectivity index (χ4n) is 3.25. The predicted molar refractivity (Wildman–Crippen MR) is 70.0 cm³/mol. The van der Waals surface area contributed by atoms with E-state index >= 15 is 0 Å². The van der Waals surface area contributed by atoms with Crippen molar-refractivity contribution in [3.63, 3.8) is 0 Å². The first kappa shape index (κ1) is 13.4. The second-order valence-corrected chi connectivity index (χ2v) is 5.60. The van der Waals surface area contributed by atoms with Gasteiger partial charge in [0, 0.05) is 12.6 Å². The van der Waals surface area contributed by atoms with Crippen molar-refractivity contribution in [2.24, 2.45) is 0 Å². The lowest BCUT2D eigenvalue weighted by molar-refractivity contribution is -0.161. The molecule has 2 rings (SSSR count). The van der Waals surface area contributed by atoms with Crippen LogP contribution in [0.25, 0.3) is 0 Å². The van der Waals surface area contributed by atoms with Gasteiger partial charge in [-0.1, -0.05) is 19.8 Å². The number of unbranched alkanes of at least 4 members (excludes halogenated alkanes) is 1. The summed E-state index contributed by atoms with van der Waals surface area (Å²) in [4.78, 5) is 28.4. The first-order chi connectivity index (χ1) is 8.57. The SMILES string of the molecule is CCCCC(C)N1C(=O)C2CCCN2C(=O)C1C. The van der Waals surface area contributed by atoms with Gasteiger partial charge >= 0.3 is 0 Å². The molecule has 2 heterocycles. The second-order valence-electron chi connectivity index (χ2n) is 5.60. The molecule has 102 valence electrons. The summed E-state index contributed by atoms with van der Waals surface area (Å²) in [5.41, 5.74) is 0. The minimum Gasteiger partial charge on any atom is -0.329 e. The summed E-state index contributed by atoms with van der Waals surface area (Å²) in [5.74, 6) is 0.309. The van der Waals surface area contributed by atoms with Crippen molar-refractivity contribution in [1.29, 1.82) is 0 Å². The van der Waals surface area contributed by atoms with Crippen LogP contribution >= 0.6 is 0 Å². The molecule has 2 amide bonds. The first-order valence-corrected chi connectivity index (χ1v) is 7.20. The van der Waals surface area contributed by atoms with Crippen molar-refractivity contribution in [2.75, 3.05) is 6.54 Å². The van der Waals surface area contributed by atoms with Gasteiger partial charge in [0.2, 0.25) is 11.8 Å². The quantitative estimate of drug-likeness (QED) is 0.765. The largest absolute Gasteiger partial charge is 0.329 e. The molecule has 0 aromatic rings. The average Bonchev–Trinajstić information content (AvgIpc) is 2.83. The monoisotopic (exact) mass is 252 g/mol. The van der Waals surface area contributed by atoms with Crippen molar-refractivity contribution >= 4 is 11.8 Å². The molecule has 2 aliphatic rings.